The van der Waals surface area contributed by atoms with Gasteiger partial charge in [0.15, 0.2) is 0 Å². The van der Waals surface area contributed by atoms with E-state index in [-0.39, 0.29) is 24.9 Å². The molecule has 1 saturated heterocycles. The van der Waals surface area contributed by atoms with Crippen molar-refractivity contribution in [2.24, 2.45) is 5.41 Å². The van der Waals surface area contributed by atoms with Crippen molar-refractivity contribution in [1.29, 1.82) is 0 Å². The number of hydrogen-bond donors (Lipinski definition) is 2. The number of hydrogen-bond acceptors (Lipinski definition) is 4. The molecule has 1 aromatic carbocycles. The Morgan fingerprint density at radius 3 is 2.33 bits per heavy atom. The minimum Gasteiger partial charge on any atom is -0.384 e. The number of halogens is 6. The van der Waals surface area contributed by atoms with Crippen LogP contribution >= 0.6 is 0 Å². The van der Waals surface area contributed by atoms with Gasteiger partial charge in [-0.15, -0.1) is 0 Å². The van der Waals surface area contributed by atoms with Crippen molar-refractivity contribution in [3.8, 4) is 0 Å². The summed E-state index contributed by atoms with van der Waals surface area (Å²) in [6, 6.07) is 2.11. The van der Waals surface area contributed by atoms with Gasteiger partial charge in [-0.3, -0.25) is 0 Å². The van der Waals surface area contributed by atoms with Crippen LogP contribution in [0.4, 0.5) is 32.0 Å². The Kier molecular flexibility index (Phi) is 9.08. The predicted octanol–water partition coefficient (Wildman–Crippen LogP) is 5.72. The van der Waals surface area contributed by atoms with Gasteiger partial charge in [0.05, 0.1) is 22.8 Å². The van der Waals surface area contributed by atoms with Crippen molar-refractivity contribution < 1.29 is 39.5 Å². The monoisotopic (exact) mass is 504 g/mol. The lowest BCUT2D eigenvalue weighted by molar-refractivity contribution is -0.212. The van der Waals surface area contributed by atoms with Gasteiger partial charge in [0.2, 0.25) is 10.0 Å². The van der Waals surface area contributed by atoms with Crippen LogP contribution in [0.15, 0.2) is 23.1 Å². The quantitative estimate of drug-likeness (QED) is 0.316. The van der Waals surface area contributed by atoms with E-state index in [1.54, 1.807) is 0 Å². The highest BCUT2D eigenvalue weighted by Gasteiger charge is 2.46. The molecule has 0 amide bonds. The van der Waals surface area contributed by atoms with E-state index in [9.17, 15) is 34.8 Å². The number of alkyl halides is 6. The molecule has 1 fully saturated rings. The van der Waals surface area contributed by atoms with Crippen molar-refractivity contribution in [2.75, 3.05) is 25.0 Å². The van der Waals surface area contributed by atoms with Crippen LogP contribution in [0, 0.1) is 5.41 Å². The van der Waals surface area contributed by atoms with E-state index in [0.717, 1.165) is 39.2 Å². The van der Waals surface area contributed by atoms with Crippen LogP contribution in [-0.4, -0.2) is 40.4 Å². The maximum Gasteiger partial charge on any atom is 0.416 e. The molecule has 1 aliphatic rings. The van der Waals surface area contributed by atoms with Crippen molar-refractivity contribution in [3.63, 3.8) is 0 Å². The van der Waals surface area contributed by atoms with Crippen LogP contribution in [-0.2, 0) is 20.9 Å². The van der Waals surface area contributed by atoms with Crippen LogP contribution in [0.5, 0.6) is 0 Å². The number of nitrogens with one attached hydrogen (secondary N) is 2. The summed E-state index contributed by atoms with van der Waals surface area (Å²) in [5, 5.41) is 2.56. The maximum absolute atomic E-state index is 13.2. The van der Waals surface area contributed by atoms with Gasteiger partial charge >= 0.3 is 12.4 Å². The second kappa shape index (κ2) is 10.8. The van der Waals surface area contributed by atoms with Gasteiger partial charge in [0, 0.05) is 19.7 Å². The molecule has 2 N–H and O–H groups in total. The third-order valence-corrected chi connectivity index (χ3v) is 7.20. The molecule has 33 heavy (non-hydrogen) atoms. The molecule has 0 bridgehead atoms. The Bertz CT molecular complexity index is 879. The van der Waals surface area contributed by atoms with Crippen molar-refractivity contribution in [2.45, 2.75) is 75.7 Å². The predicted molar refractivity (Wildman–Crippen MR) is 112 cm³/mol. The van der Waals surface area contributed by atoms with E-state index in [0.29, 0.717) is 31.6 Å². The molecule has 190 valence electrons. The first-order valence-electron chi connectivity index (χ1n) is 10.8. The number of rotatable bonds is 10. The molecule has 5 nitrogen and oxygen atoms in total. The lowest BCUT2D eigenvalue weighted by Gasteiger charge is -2.28. The molecule has 1 unspecified atom stereocenters. The van der Waals surface area contributed by atoms with Crippen molar-refractivity contribution >= 4 is 15.7 Å². The molecule has 0 radical (unpaired) electrons. The molecule has 2 rings (SSSR count). The Morgan fingerprint density at radius 2 is 1.76 bits per heavy atom. The first-order chi connectivity index (χ1) is 15.1. The summed E-state index contributed by atoms with van der Waals surface area (Å²) < 4.78 is 112. The molecule has 0 spiro atoms. The maximum atomic E-state index is 13.2. The summed E-state index contributed by atoms with van der Waals surface area (Å²) in [4.78, 5) is -0.656. The zero-order valence-electron chi connectivity index (χ0n) is 18.6. The van der Waals surface area contributed by atoms with Crippen molar-refractivity contribution in [1.82, 2.24) is 4.72 Å². The fraction of sp³-hybridized carbons (Fsp3) is 0.714. The Labute approximate surface area is 190 Å². The SMILES string of the molecule is CC(C)(CCNc1ccc(C(F)(F)F)cc1S(=O)(=O)NCCCC1CCCCO1)C(F)(F)F. The molecule has 1 atom stereocenters. The Balaban J connectivity index is 2.12. The fourth-order valence-electron chi connectivity index (χ4n) is 3.37. The molecule has 1 heterocycles. The van der Waals surface area contributed by atoms with Gasteiger partial charge < -0.3 is 10.1 Å². The Morgan fingerprint density at radius 1 is 1.06 bits per heavy atom. The highest BCUT2D eigenvalue weighted by molar-refractivity contribution is 7.89. The summed E-state index contributed by atoms with van der Waals surface area (Å²) in [5.41, 5.74) is -3.41. The summed E-state index contributed by atoms with van der Waals surface area (Å²) in [6.07, 6.45) is -5.68. The minimum atomic E-state index is -4.78. The molecule has 1 aliphatic heterocycles. The van der Waals surface area contributed by atoms with Gasteiger partial charge in [-0.1, -0.05) is 13.8 Å². The lowest BCUT2D eigenvalue weighted by Crippen LogP contribution is -2.34. The van der Waals surface area contributed by atoms with Gasteiger partial charge in [-0.05, 0) is 56.7 Å². The largest absolute Gasteiger partial charge is 0.416 e. The van der Waals surface area contributed by atoms with Crippen molar-refractivity contribution in [3.05, 3.63) is 23.8 Å². The molecule has 0 aromatic heterocycles. The summed E-state index contributed by atoms with van der Waals surface area (Å²) in [7, 11) is -4.35. The van der Waals surface area contributed by atoms with E-state index in [1.165, 1.54) is 0 Å². The number of benzene rings is 1. The summed E-state index contributed by atoms with van der Waals surface area (Å²) >= 11 is 0. The second-order valence-corrected chi connectivity index (χ2v) is 10.5. The smallest absolute Gasteiger partial charge is 0.384 e. The van der Waals surface area contributed by atoms with Crippen LogP contribution in [0.2, 0.25) is 0 Å². The first-order valence-corrected chi connectivity index (χ1v) is 12.2. The highest BCUT2D eigenvalue weighted by atomic mass is 32.2. The number of anilines is 1. The Hall–Kier alpha value is -1.53. The second-order valence-electron chi connectivity index (χ2n) is 8.80. The molecule has 1 aromatic rings. The standard InChI is InChI=1S/C21H30F6N2O3S/c1-19(2,21(25,26)27)10-12-28-17-9-8-15(20(22,23)24)14-18(17)33(30,31)29-11-5-7-16-6-3-4-13-32-16/h8-9,14,16,28-29H,3-7,10-13H2,1-2H3. The van der Waals surface area contributed by atoms with Crippen LogP contribution in [0.3, 0.4) is 0 Å². The summed E-state index contributed by atoms with van der Waals surface area (Å²) in [5.74, 6) is 0. The molecule has 0 saturated carbocycles. The molecular formula is C21H30F6N2O3S. The first kappa shape index (κ1) is 27.7. The summed E-state index contributed by atoms with van der Waals surface area (Å²) in [6.45, 7) is 2.37. The highest BCUT2D eigenvalue weighted by Crippen LogP contribution is 2.40. The normalized spacial score (nSPS) is 18.4. The lowest BCUT2D eigenvalue weighted by atomic mass is 9.88. The van der Waals surface area contributed by atoms with Gasteiger partial charge in [-0.25, -0.2) is 13.1 Å². The van der Waals surface area contributed by atoms with Crippen LogP contribution in [0.1, 0.15) is 57.9 Å². The van der Waals surface area contributed by atoms with E-state index < -0.39 is 44.7 Å². The fourth-order valence-corrected chi connectivity index (χ4v) is 4.65. The number of ether oxygens (including phenoxy) is 1. The average molecular weight is 505 g/mol. The third-order valence-electron chi connectivity index (χ3n) is 5.70. The third kappa shape index (κ3) is 8.03. The number of sulfonamides is 1. The molecular weight excluding hydrogens is 474 g/mol. The van der Waals surface area contributed by atoms with E-state index in [4.69, 9.17) is 4.74 Å². The minimum absolute atomic E-state index is 0.00101. The topological polar surface area (TPSA) is 67.4 Å². The van der Waals surface area contributed by atoms with Gasteiger partial charge in [0.1, 0.15) is 4.90 Å². The molecule has 0 aliphatic carbocycles. The van der Waals surface area contributed by atoms with Gasteiger partial charge in [0.25, 0.3) is 0 Å². The van der Waals surface area contributed by atoms with E-state index >= 15 is 0 Å². The van der Waals surface area contributed by atoms with E-state index in [2.05, 4.69) is 10.0 Å². The van der Waals surface area contributed by atoms with E-state index in [1.807, 2.05) is 0 Å². The average Bonchev–Trinajstić information content (AvgIpc) is 2.70. The van der Waals surface area contributed by atoms with Crippen LogP contribution < -0.4 is 10.0 Å². The van der Waals surface area contributed by atoms with Gasteiger partial charge in [-0.2, -0.15) is 26.3 Å². The zero-order chi connectivity index (χ0) is 24.9. The zero-order valence-corrected chi connectivity index (χ0v) is 19.4. The van der Waals surface area contributed by atoms with Crippen LogP contribution in [0.25, 0.3) is 0 Å². The molecule has 12 heteroatoms.